The number of fused-ring (bicyclic) bond motifs is 1. The fraction of sp³-hybridized carbons (Fsp3) is 0.238. The van der Waals surface area contributed by atoms with Crippen LogP contribution in [0.2, 0.25) is 0 Å². The number of aromatic nitrogens is 1. The Morgan fingerprint density at radius 2 is 1.88 bits per heavy atom. The molecule has 0 saturated carbocycles. The van der Waals surface area contributed by atoms with E-state index in [1.807, 2.05) is 24.3 Å². The maximum absolute atomic E-state index is 12.3. The minimum Gasteiger partial charge on any atom is -0.325 e. The van der Waals surface area contributed by atoms with Crippen molar-refractivity contribution in [2.75, 3.05) is 11.1 Å². The summed E-state index contributed by atoms with van der Waals surface area (Å²) in [6.45, 7) is 6.24. The van der Waals surface area contributed by atoms with Crippen molar-refractivity contribution in [1.29, 1.82) is 0 Å². The Morgan fingerprint density at radius 1 is 1.08 bits per heavy atom. The molecular weight excluding hydrogens is 328 g/mol. The predicted octanol–water partition coefficient (Wildman–Crippen LogP) is 5.14. The lowest BCUT2D eigenvalue weighted by atomic mass is 10.1. The molecule has 1 heterocycles. The Hall–Kier alpha value is -2.33. The summed E-state index contributed by atoms with van der Waals surface area (Å²) in [4.78, 5) is 17.0. The van der Waals surface area contributed by atoms with E-state index in [2.05, 4.69) is 50.4 Å². The highest BCUT2D eigenvalue weighted by Crippen LogP contribution is 2.26. The summed E-state index contributed by atoms with van der Waals surface area (Å²) >= 11 is 1.48. The molecule has 1 aromatic heterocycles. The summed E-state index contributed by atoms with van der Waals surface area (Å²) in [5, 5.41) is 5.07. The molecule has 2 aromatic carbocycles. The van der Waals surface area contributed by atoms with Gasteiger partial charge in [-0.3, -0.25) is 4.79 Å². The third kappa shape index (κ3) is 4.02. The number of nitrogens with one attached hydrogen (secondary N) is 1. The lowest BCUT2D eigenvalue weighted by Gasteiger charge is -2.10. The molecule has 4 heteroatoms. The fourth-order valence-corrected chi connectivity index (χ4v) is 3.65. The lowest BCUT2D eigenvalue weighted by molar-refractivity contribution is -0.113. The van der Waals surface area contributed by atoms with E-state index in [-0.39, 0.29) is 5.91 Å². The van der Waals surface area contributed by atoms with Gasteiger partial charge in [0.25, 0.3) is 0 Å². The molecule has 0 bridgehead atoms. The summed E-state index contributed by atoms with van der Waals surface area (Å²) in [6, 6.07) is 16.2. The number of benzene rings is 2. The van der Waals surface area contributed by atoms with Crippen LogP contribution in [0.1, 0.15) is 23.6 Å². The summed E-state index contributed by atoms with van der Waals surface area (Å²) in [6.07, 6.45) is 0.897. The number of thioether (sulfide) groups is 1. The van der Waals surface area contributed by atoms with Gasteiger partial charge < -0.3 is 5.32 Å². The summed E-state index contributed by atoms with van der Waals surface area (Å²) < 4.78 is 0. The average molecular weight is 350 g/mol. The minimum absolute atomic E-state index is 0.00441. The third-order valence-electron chi connectivity index (χ3n) is 4.25. The molecule has 0 unspecified atom stereocenters. The van der Waals surface area contributed by atoms with Crippen LogP contribution in [-0.2, 0) is 11.2 Å². The van der Waals surface area contributed by atoms with Crippen LogP contribution >= 0.6 is 11.8 Å². The van der Waals surface area contributed by atoms with Gasteiger partial charge in [-0.2, -0.15) is 0 Å². The summed E-state index contributed by atoms with van der Waals surface area (Å²) in [7, 11) is 0. The zero-order chi connectivity index (χ0) is 17.8. The molecule has 3 rings (SSSR count). The molecule has 0 aliphatic carbocycles. The molecule has 0 aliphatic rings. The smallest absolute Gasteiger partial charge is 0.234 e. The largest absolute Gasteiger partial charge is 0.325 e. The van der Waals surface area contributed by atoms with Gasteiger partial charge in [0.1, 0.15) is 0 Å². The second-order valence-electron chi connectivity index (χ2n) is 6.10. The number of nitrogens with zero attached hydrogens (tertiary/aromatic N) is 1. The molecular formula is C21H22N2OS. The highest BCUT2D eigenvalue weighted by Gasteiger charge is 2.09. The van der Waals surface area contributed by atoms with Gasteiger partial charge in [0, 0.05) is 11.1 Å². The van der Waals surface area contributed by atoms with Gasteiger partial charge in [0.2, 0.25) is 5.91 Å². The van der Waals surface area contributed by atoms with E-state index in [0.29, 0.717) is 5.75 Å². The van der Waals surface area contributed by atoms with Crippen molar-refractivity contribution in [2.45, 2.75) is 32.2 Å². The summed E-state index contributed by atoms with van der Waals surface area (Å²) in [5.74, 6) is 0.345. The molecule has 0 atom stereocenters. The molecule has 0 aliphatic heterocycles. The minimum atomic E-state index is -0.00441. The van der Waals surface area contributed by atoms with Crippen molar-refractivity contribution in [2.24, 2.45) is 0 Å². The molecule has 3 aromatic rings. The number of anilines is 1. The van der Waals surface area contributed by atoms with Gasteiger partial charge in [0.05, 0.1) is 16.3 Å². The Labute approximate surface area is 152 Å². The fourth-order valence-electron chi connectivity index (χ4n) is 2.88. The highest BCUT2D eigenvalue weighted by molar-refractivity contribution is 7.99. The van der Waals surface area contributed by atoms with Crippen LogP contribution in [0.25, 0.3) is 10.9 Å². The van der Waals surface area contributed by atoms with E-state index < -0.39 is 0 Å². The van der Waals surface area contributed by atoms with Gasteiger partial charge >= 0.3 is 0 Å². The SMILES string of the molecule is CCc1ccccc1NC(=O)CSc1cc(C)c2cccc(C)c2n1. The lowest BCUT2D eigenvalue weighted by Crippen LogP contribution is -2.15. The maximum atomic E-state index is 12.3. The first-order valence-corrected chi connectivity index (χ1v) is 9.44. The Kier molecular flexibility index (Phi) is 5.39. The van der Waals surface area contributed by atoms with Crippen LogP contribution in [0.3, 0.4) is 0 Å². The normalized spacial score (nSPS) is 10.8. The number of para-hydroxylation sites is 2. The molecule has 0 radical (unpaired) electrons. The number of hydrogen-bond donors (Lipinski definition) is 1. The molecule has 1 N–H and O–H groups in total. The Morgan fingerprint density at radius 3 is 2.68 bits per heavy atom. The van der Waals surface area contributed by atoms with E-state index in [0.717, 1.165) is 33.8 Å². The topological polar surface area (TPSA) is 42.0 Å². The molecule has 1 amide bonds. The van der Waals surface area contributed by atoms with Crippen molar-refractivity contribution in [3.8, 4) is 0 Å². The monoisotopic (exact) mass is 350 g/mol. The number of aryl methyl sites for hydroxylation is 3. The molecule has 3 nitrogen and oxygen atoms in total. The third-order valence-corrected chi connectivity index (χ3v) is 5.16. The zero-order valence-corrected chi connectivity index (χ0v) is 15.6. The Bertz CT molecular complexity index is 921. The molecule has 25 heavy (non-hydrogen) atoms. The first-order valence-electron chi connectivity index (χ1n) is 8.46. The van der Waals surface area contributed by atoms with E-state index in [1.54, 1.807) is 0 Å². The first kappa shape index (κ1) is 17.5. The number of carbonyl (C=O) groups is 1. The average Bonchev–Trinajstić information content (AvgIpc) is 2.61. The number of amides is 1. The quantitative estimate of drug-likeness (QED) is 0.648. The van der Waals surface area contributed by atoms with Gasteiger partial charge in [-0.25, -0.2) is 4.98 Å². The van der Waals surface area contributed by atoms with Crippen LogP contribution in [0.15, 0.2) is 53.6 Å². The van der Waals surface area contributed by atoms with Gasteiger partial charge in [-0.1, -0.05) is 55.1 Å². The molecule has 128 valence electrons. The number of rotatable bonds is 5. The van der Waals surface area contributed by atoms with Crippen LogP contribution in [0, 0.1) is 13.8 Å². The number of carbonyl (C=O) groups excluding carboxylic acids is 1. The summed E-state index contributed by atoms with van der Waals surface area (Å²) in [5.41, 5.74) is 5.41. The molecule has 0 saturated heterocycles. The standard InChI is InChI=1S/C21H22N2OS/c1-4-16-9-5-6-11-18(16)22-19(24)13-25-20-12-15(3)17-10-7-8-14(2)21(17)23-20/h5-12H,4,13H2,1-3H3,(H,22,24). The Balaban J connectivity index is 1.72. The maximum Gasteiger partial charge on any atom is 0.234 e. The number of hydrogen-bond acceptors (Lipinski definition) is 3. The van der Waals surface area contributed by atoms with Crippen LogP contribution < -0.4 is 5.32 Å². The molecule has 0 spiro atoms. The number of pyridine rings is 1. The van der Waals surface area contributed by atoms with E-state index >= 15 is 0 Å². The van der Waals surface area contributed by atoms with E-state index in [9.17, 15) is 4.79 Å². The second kappa shape index (κ2) is 7.70. The predicted molar refractivity (Wildman–Crippen MR) is 106 cm³/mol. The second-order valence-corrected chi connectivity index (χ2v) is 7.09. The zero-order valence-electron chi connectivity index (χ0n) is 14.8. The van der Waals surface area contributed by atoms with Crippen LogP contribution in [0.4, 0.5) is 5.69 Å². The van der Waals surface area contributed by atoms with Crippen molar-refractivity contribution < 1.29 is 4.79 Å². The van der Waals surface area contributed by atoms with Gasteiger partial charge in [-0.15, -0.1) is 0 Å². The van der Waals surface area contributed by atoms with E-state index in [1.165, 1.54) is 22.7 Å². The van der Waals surface area contributed by atoms with Gasteiger partial charge in [0.15, 0.2) is 0 Å². The van der Waals surface area contributed by atoms with Crippen molar-refractivity contribution >= 4 is 34.3 Å². The van der Waals surface area contributed by atoms with E-state index in [4.69, 9.17) is 4.98 Å². The van der Waals surface area contributed by atoms with Crippen LogP contribution in [-0.4, -0.2) is 16.6 Å². The first-order chi connectivity index (χ1) is 12.1. The van der Waals surface area contributed by atoms with Crippen molar-refractivity contribution in [1.82, 2.24) is 4.98 Å². The molecule has 0 fully saturated rings. The van der Waals surface area contributed by atoms with Crippen molar-refractivity contribution in [3.63, 3.8) is 0 Å². The highest BCUT2D eigenvalue weighted by atomic mass is 32.2. The van der Waals surface area contributed by atoms with Crippen LogP contribution in [0.5, 0.6) is 0 Å². The van der Waals surface area contributed by atoms with Gasteiger partial charge in [-0.05, 0) is 49.1 Å². The van der Waals surface area contributed by atoms with Crippen molar-refractivity contribution in [3.05, 3.63) is 65.2 Å².